The number of aryl methyl sites for hydroxylation is 1. The minimum absolute atomic E-state index is 0.580. The number of benzene rings is 2. The van der Waals surface area contributed by atoms with Gasteiger partial charge in [-0.25, -0.2) is 0 Å². The van der Waals surface area contributed by atoms with E-state index in [-0.39, 0.29) is 0 Å². The summed E-state index contributed by atoms with van der Waals surface area (Å²) in [6, 6.07) is 9.27. The molecule has 0 aliphatic rings. The molecule has 0 aliphatic heterocycles. The van der Waals surface area contributed by atoms with Crippen LogP contribution in [0.15, 0.2) is 34.8 Å². The van der Waals surface area contributed by atoms with Crippen LogP contribution in [0.2, 0.25) is 5.02 Å². The largest absolute Gasteiger partial charge is 0.496 e. The van der Waals surface area contributed by atoms with Crippen LogP contribution in [-0.2, 0) is 0 Å². The first kappa shape index (κ1) is 15.4. The average molecular weight is 356 g/mol. The number of hydrogen-bond donors (Lipinski definition) is 1. The Morgan fingerprint density at radius 2 is 1.90 bits per heavy atom. The lowest BCUT2D eigenvalue weighted by Gasteiger charge is -2.18. The van der Waals surface area contributed by atoms with E-state index < -0.39 is 6.10 Å². The van der Waals surface area contributed by atoms with Crippen molar-refractivity contribution in [3.8, 4) is 5.75 Å². The molecule has 0 aromatic heterocycles. The molecular formula is C16H16BrClO2. The number of ether oxygens (including phenoxy) is 1. The van der Waals surface area contributed by atoms with Crippen LogP contribution in [0.3, 0.4) is 0 Å². The molecule has 1 unspecified atom stereocenters. The summed E-state index contributed by atoms with van der Waals surface area (Å²) >= 11 is 9.43. The Morgan fingerprint density at radius 3 is 2.50 bits per heavy atom. The molecule has 2 aromatic carbocycles. The summed E-state index contributed by atoms with van der Waals surface area (Å²) in [7, 11) is 1.62. The van der Waals surface area contributed by atoms with E-state index in [1.807, 2.05) is 32.0 Å². The van der Waals surface area contributed by atoms with Crippen molar-refractivity contribution in [3.05, 3.63) is 62.1 Å². The third kappa shape index (κ3) is 3.00. The molecule has 0 saturated carbocycles. The Kier molecular flexibility index (Phi) is 4.74. The summed E-state index contributed by atoms with van der Waals surface area (Å²) < 4.78 is 6.29. The van der Waals surface area contributed by atoms with Crippen LogP contribution in [0, 0.1) is 13.8 Å². The second-order valence-electron chi connectivity index (χ2n) is 4.74. The minimum Gasteiger partial charge on any atom is -0.496 e. The van der Waals surface area contributed by atoms with Crippen molar-refractivity contribution in [3.63, 3.8) is 0 Å². The van der Waals surface area contributed by atoms with E-state index in [4.69, 9.17) is 16.3 Å². The summed E-state index contributed by atoms with van der Waals surface area (Å²) in [5.74, 6) is 0.716. The minimum atomic E-state index is -0.778. The van der Waals surface area contributed by atoms with Crippen LogP contribution in [0.25, 0.3) is 0 Å². The Morgan fingerprint density at radius 1 is 1.20 bits per heavy atom. The maximum atomic E-state index is 10.6. The van der Waals surface area contributed by atoms with Gasteiger partial charge in [-0.2, -0.15) is 0 Å². The molecule has 0 radical (unpaired) electrons. The van der Waals surface area contributed by atoms with Crippen LogP contribution < -0.4 is 4.74 Å². The van der Waals surface area contributed by atoms with Crippen LogP contribution in [-0.4, -0.2) is 12.2 Å². The van der Waals surface area contributed by atoms with Gasteiger partial charge in [-0.15, -0.1) is 0 Å². The molecule has 106 valence electrons. The summed E-state index contributed by atoms with van der Waals surface area (Å²) in [4.78, 5) is 0. The number of halogens is 2. The number of aliphatic hydroxyl groups excluding tert-OH is 1. The molecular weight excluding hydrogens is 340 g/mol. The smallest absolute Gasteiger partial charge is 0.128 e. The highest BCUT2D eigenvalue weighted by Gasteiger charge is 2.18. The predicted molar refractivity (Wildman–Crippen MR) is 85.7 cm³/mol. The van der Waals surface area contributed by atoms with Gasteiger partial charge in [-0.3, -0.25) is 0 Å². The predicted octanol–water partition coefficient (Wildman–Crippen LogP) is 4.81. The van der Waals surface area contributed by atoms with Crippen molar-refractivity contribution < 1.29 is 9.84 Å². The van der Waals surface area contributed by atoms with Crippen molar-refractivity contribution in [1.82, 2.24) is 0 Å². The van der Waals surface area contributed by atoms with Gasteiger partial charge in [0.15, 0.2) is 0 Å². The SMILES string of the molecule is COc1c(C(O)c2cc(Cl)cc(Br)c2)ccc(C)c1C. The summed E-state index contributed by atoms with van der Waals surface area (Å²) in [5, 5.41) is 11.2. The highest BCUT2D eigenvalue weighted by molar-refractivity contribution is 9.10. The molecule has 2 aromatic rings. The summed E-state index contributed by atoms with van der Waals surface area (Å²) in [5.41, 5.74) is 3.63. The molecule has 0 bridgehead atoms. The lowest BCUT2D eigenvalue weighted by atomic mass is 9.96. The summed E-state index contributed by atoms with van der Waals surface area (Å²) in [6.07, 6.45) is -0.778. The summed E-state index contributed by atoms with van der Waals surface area (Å²) in [6.45, 7) is 4.00. The number of rotatable bonds is 3. The zero-order chi connectivity index (χ0) is 14.9. The molecule has 2 nitrogen and oxygen atoms in total. The Hall–Kier alpha value is -1.03. The zero-order valence-corrected chi connectivity index (χ0v) is 13.9. The fourth-order valence-electron chi connectivity index (χ4n) is 2.21. The normalized spacial score (nSPS) is 12.3. The standard InChI is InChI=1S/C16H16BrClO2/c1-9-4-5-14(16(20-3)10(9)2)15(19)11-6-12(17)8-13(18)7-11/h4-8,15,19H,1-3H3. The maximum Gasteiger partial charge on any atom is 0.128 e. The van der Waals surface area contributed by atoms with E-state index in [1.165, 1.54) is 0 Å². The third-order valence-electron chi connectivity index (χ3n) is 3.41. The van der Waals surface area contributed by atoms with E-state index >= 15 is 0 Å². The topological polar surface area (TPSA) is 29.5 Å². The number of aliphatic hydroxyl groups is 1. The van der Waals surface area contributed by atoms with Gasteiger partial charge in [-0.05, 0) is 48.7 Å². The highest BCUT2D eigenvalue weighted by atomic mass is 79.9. The first-order valence-corrected chi connectivity index (χ1v) is 7.39. The van der Waals surface area contributed by atoms with Gasteiger partial charge in [0.2, 0.25) is 0 Å². The van der Waals surface area contributed by atoms with Crippen LogP contribution in [0.4, 0.5) is 0 Å². The van der Waals surface area contributed by atoms with Crippen LogP contribution >= 0.6 is 27.5 Å². The van der Waals surface area contributed by atoms with Crippen molar-refractivity contribution in [2.75, 3.05) is 7.11 Å². The van der Waals surface area contributed by atoms with Gasteiger partial charge in [0.05, 0.1) is 7.11 Å². The Balaban J connectivity index is 2.53. The van der Waals surface area contributed by atoms with Crippen molar-refractivity contribution >= 4 is 27.5 Å². The van der Waals surface area contributed by atoms with Crippen molar-refractivity contribution in [2.45, 2.75) is 20.0 Å². The fourth-order valence-corrected chi connectivity index (χ4v) is 3.10. The Labute approximate surface area is 132 Å². The maximum absolute atomic E-state index is 10.6. The molecule has 0 spiro atoms. The molecule has 0 fully saturated rings. The number of methoxy groups -OCH3 is 1. The zero-order valence-electron chi connectivity index (χ0n) is 11.6. The molecule has 2 rings (SSSR count). The lowest BCUT2D eigenvalue weighted by molar-refractivity contribution is 0.214. The first-order valence-electron chi connectivity index (χ1n) is 6.22. The van der Waals surface area contributed by atoms with E-state index in [9.17, 15) is 5.11 Å². The molecule has 0 amide bonds. The van der Waals surface area contributed by atoms with Gasteiger partial charge in [-0.1, -0.05) is 39.7 Å². The molecule has 1 N–H and O–H groups in total. The van der Waals surface area contributed by atoms with Crippen molar-refractivity contribution in [2.24, 2.45) is 0 Å². The second kappa shape index (κ2) is 6.17. The lowest BCUT2D eigenvalue weighted by Crippen LogP contribution is -2.04. The van der Waals surface area contributed by atoms with Crippen LogP contribution in [0.5, 0.6) is 5.75 Å². The van der Waals surface area contributed by atoms with Gasteiger partial charge in [0, 0.05) is 15.1 Å². The quantitative estimate of drug-likeness (QED) is 0.856. The van der Waals surface area contributed by atoms with Crippen LogP contribution in [0.1, 0.15) is 28.4 Å². The molecule has 0 heterocycles. The van der Waals surface area contributed by atoms with Gasteiger partial charge >= 0.3 is 0 Å². The third-order valence-corrected chi connectivity index (χ3v) is 4.08. The van der Waals surface area contributed by atoms with Gasteiger partial charge < -0.3 is 9.84 Å². The average Bonchev–Trinajstić information content (AvgIpc) is 2.39. The van der Waals surface area contributed by atoms with E-state index in [0.29, 0.717) is 10.8 Å². The molecule has 20 heavy (non-hydrogen) atoms. The molecule has 0 saturated heterocycles. The van der Waals surface area contributed by atoms with E-state index in [1.54, 1.807) is 19.2 Å². The molecule has 0 aliphatic carbocycles. The van der Waals surface area contributed by atoms with E-state index in [0.717, 1.165) is 26.7 Å². The van der Waals surface area contributed by atoms with Gasteiger partial charge in [0.25, 0.3) is 0 Å². The highest BCUT2D eigenvalue weighted by Crippen LogP contribution is 2.35. The second-order valence-corrected chi connectivity index (χ2v) is 6.09. The van der Waals surface area contributed by atoms with E-state index in [2.05, 4.69) is 15.9 Å². The van der Waals surface area contributed by atoms with Gasteiger partial charge in [0.1, 0.15) is 11.9 Å². The molecule has 4 heteroatoms. The Bertz CT molecular complexity index is 620. The number of hydrogen-bond acceptors (Lipinski definition) is 2. The monoisotopic (exact) mass is 354 g/mol. The molecule has 1 atom stereocenters. The first-order chi connectivity index (χ1) is 9.43. The van der Waals surface area contributed by atoms with Crippen molar-refractivity contribution in [1.29, 1.82) is 0 Å². The fraction of sp³-hybridized carbons (Fsp3) is 0.250.